The number of unbranched alkanes of at least 4 members (excludes halogenated alkanes) is 6. The van der Waals surface area contributed by atoms with Crippen LogP contribution in [0.4, 0.5) is 0 Å². The van der Waals surface area contributed by atoms with Crippen molar-refractivity contribution in [3.63, 3.8) is 0 Å². The topological polar surface area (TPSA) is 110 Å². The van der Waals surface area contributed by atoms with Gasteiger partial charge in [0.2, 0.25) is 0 Å². The van der Waals surface area contributed by atoms with Crippen LogP contribution in [0, 0.1) is 0 Å². The van der Waals surface area contributed by atoms with E-state index in [0.717, 1.165) is 44.9 Å². The number of carboxylic acid groups (broad SMARTS) is 2. The van der Waals surface area contributed by atoms with E-state index in [1.165, 1.54) is 13.2 Å². The lowest BCUT2D eigenvalue weighted by Crippen LogP contribution is -2.28. The van der Waals surface area contributed by atoms with Crippen molar-refractivity contribution in [3.8, 4) is 5.75 Å². The average molecular weight is 479 g/mol. The van der Waals surface area contributed by atoms with Crippen LogP contribution < -0.4 is 4.74 Å². The zero-order valence-corrected chi connectivity index (χ0v) is 21.9. The van der Waals surface area contributed by atoms with Gasteiger partial charge in [-0.3, -0.25) is 4.79 Å². The van der Waals surface area contributed by atoms with E-state index < -0.39 is 22.8 Å². The highest BCUT2D eigenvalue weighted by molar-refractivity contribution is 6.00. The molecule has 0 fully saturated rings. The average Bonchev–Trinajstić information content (AvgIpc) is 2.71. The third-order valence-electron chi connectivity index (χ3n) is 5.75. The Hall–Kier alpha value is -2.57. The maximum absolute atomic E-state index is 12.4. The molecule has 7 heteroatoms. The maximum Gasteiger partial charge on any atom is 0.336 e. The van der Waals surface area contributed by atoms with E-state index in [9.17, 15) is 24.6 Å². The number of carbonyl (C=O) groups excluding carboxylic acids is 1. The first kappa shape index (κ1) is 29.5. The molecule has 0 bridgehead atoms. The minimum Gasteiger partial charge on any atom is -0.493 e. The fourth-order valence-electron chi connectivity index (χ4n) is 4.22. The molecule has 0 aromatic heterocycles. The second-order valence-corrected chi connectivity index (χ2v) is 10.8. The standard InChI is InChI=1S/C27H42O7/c1-26(2,3)22-18(24(29)30)17-19(23(27(4,5)6)21(22)25(31)32)34-16-14-12-10-8-9-11-13-15-20(28)33-7/h17H,8-16H2,1-7H3,(H,29,30)(H,31,32). The Labute approximate surface area is 203 Å². The van der Waals surface area contributed by atoms with Gasteiger partial charge in [0.25, 0.3) is 0 Å². The first-order valence-electron chi connectivity index (χ1n) is 12.1. The van der Waals surface area contributed by atoms with E-state index in [2.05, 4.69) is 4.74 Å². The summed E-state index contributed by atoms with van der Waals surface area (Å²) in [7, 11) is 1.40. The van der Waals surface area contributed by atoms with Crippen molar-refractivity contribution in [1.29, 1.82) is 0 Å². The molecule has 0 atom stereocenters. The first-order chi connectivity index (χ1) is 15.7. The van der Waals surface area contributed by atoms with Gasteiger partial charge < -0.3 is 19.7 Å². The lowest BCUT2D eigenvalue weighted by atomic mass is 9.73. The predicted molar refractivity (Wildman–Crippen MR) is 132 cm³/mol. The number of hydrogen-bond acceptors (Lipinski definition) is 5. The second kappa shape index (κ2) is 12.8. The number of methoxy groups -OCH3 is 1. The summed E-state index contributed by atoms with van der Waals surface area (Å²) in [5, 5.41) is 20.0. The van der Waals surface area contributed by atoms with Gasteiger partial charge in [-0.25, -0.2) is 9.59 Å². The number of benzene rings is 1. The summed E-state index contributed by atoms with van der Waals surface area (Å²) in [6.45, 7) is 11.6. The third kappa shape index (κ3) is 8.65. The minimum atomic E-state index is -1.16. The summed E-state index contributed by atoms with van der Waals surface area (Å²) in [6.07, 6.45) is 7.22. The minimum absolute atomic E-state index is 0.0279. The number of rotatable bonds is 13. The molecule has 0 unspecified atom stereocenters. The van der Waals surface area contributed by atoms with Crippen LogP contribution in [0.15, 0.2) is 6.07 Å². The predicted octanol–water partition coefficient (Wildman–Crippen LogP) is 6.35. The number of aromatic carboxylic acids is 2. The SMILES string of the molecule is COC(=O)CCCCCCCCCOc1cc(C(=O)O)c(C(C)(C)C)c(C(=O)O)c1C(C)(C)C. The molecule has 0 heterocycles. The smallest absolute Gasteiger partial charge is 0.336 e. The van der Waals surface area contributed by atoms with Crippen LogP contribution in [-0.2, 0) is 20.4 Å². The van der Waals surface area contributed by atoms with Crippen molar-refractivity contribution in [2.75, 3.05) is 13.7 Å². The van der Waals surface area contributed by atoms with Crippen LogP contribution in [0.1, 0.15) is 125 Å². The fraction of sp³-hybridized carbons (Fsp3) is 0.667. The molecule has 1 rings (SSSR count). The Morgan fingerprint density at radius 1 is 0.765 bits per heavy atom. The van der Waals surface area contributed by atoms with Crippen LogP contribution in [-0.4, -0.2) is 41.8 Å². The van der Waals surface area contributed by atoms with Crippen molar-refractivity contribution in [2.24, 2.45) is 0 Å². The molecule has 0 saturated heterocycles. The second-order valence-electron chi connectivity index (χ2n) is 10.8. The van der Waals surface area contributed by atoms with Crippen LogP contribution >= 0.6 is 0 Å². The number of hydrogen-bond donors (Lipinski definition) is 2. The van der Waals surface area contributed by atoms with Crippen molar-refractivity contribution in [1.82, 2.24) is 0 Å². The quantitative estimate of drug-likeness (QED) is 0.251. The molecule has 0 aliphatic heterocycles. The Balaban J connectivity index is 2.92. The summed E-state index contributed by atoms with van der Waals surface area (Å²) in [5.74, 6) is -2.14. The van der Waals surface area contributed by atoms with Crippen molar-refractivity contribution < 1.29 is 34.1 Å². The summed E-state index contributed by atoms with van der Waals surface area (Å²) in [6, 6.07) is 1.50. The normalized spacial score (nSPS) is 11.9. The highest BCUT2D eigenvalue weighted by Gasteiger charge is 2.36. The summed E-state index contributed by atoms with van der Waals surface area (Å²) >= 11 is 0. The van der Waals surface area contributed by atoms with Gasteiger partial charge in [0.1, 0.15) is 5.75 Å². The maximum atomic E-state index is 12.4. The van der Waals surface area contributed by atoms with Gasteiger partial charge in [-0.1, -0.05) is 73.6 Å². The van der Waals surface area contributed by atoms with Gasteiger partial charge in [0.15, 0.2) is 0 Å². The van der Waals surface area contributed by atoms with Crippen molar-refractivity contribution >= 4 is 17.9 Å². The summed E-state index contributed by atoms with van der Waals surface area (Å²) in [4.78, 5) is 35.5. The number of esters is 1. The largest absolute Gasteiger partial charge is 0.493 e. The van der Waals surface area contributed by atoms with Crippen LogP contribution in [0.3, 0.4) is 0 Å². The van der Waals surface area contributed by atoms with Crippen LogP contribution in [0.2, 0.25) is 0 Å². The van der Waals surface area contributed by atoms with Crippen molar-refractivity contribution in [2.45, 2.75) is 104 Å². The van der Waals surface area contributed by atoms with Crippen molar-refractivity contribution in [3.05, 3.63) is 28.3 Å². The van der Waals surface area contributed by atoms with Crippen LogP contribution in [0.5, 0.6) is 5.75 Å². The molecule has 0 radical (unpaired) electrons. The van der Waals surface area contributed by atoms with E-state index in [4.69, 9.17) is 4.74 Å². The molecule has 0 aliphatic carbocycles. The molecule has 34 heavy (non-hydrogen) atoms. The molecule has 0 aliphatic rings. The summed E-state index contributed by atoms with van der Waals surface area (Å²) < 4.78 is 10.7. The molecule has 1 aromatic rings. The molecular weight excluding hydrogens is 436 g/mol. The van der Waals surface area contributed by atoms with E-state index in [0.29, 0.717) is 29.9 Å². The van der Waals surface area contributed by atoms with E-state index >= 15 is 0 Å². The molecule has 0 saturated carbocycles. The zero-order valence-electron chi connectivity index (χ0n) is 21.9. The van der Waals surface area contributed by atoms with Gasteiger partial charge in [-0.05, 0) is 35.3 Å². The number of carbonyl (C=O) groups is 3. The molecule has 1 aromatic carbocycles. The Bertz CT molecular complexity index is 857. The molecule has 192 valence electrons. The summed E-state index contributed by atoms with van der Waals surface area (Å²) in [5.41, 5.74) is -0.375. The lowest BCUT2D eigenvalue weighted by Gasteiger charge is -2.31. The number of ether oxygens (including phenoxy) is 2. The monoisotopic (exact) mass is 478 g/mol. The van der Waals surface area contributed by atoms with Gasteiger partial charge in [-0.15, -0.1) is 0 Å². The van der Waals surface area contributed by atoms with Crippen LogP contribution in [0.25, 0.3) is 0 Å². The third-order valence-corrected chi connectivity index (χ3v) is 5.75. The highest BCUT2D eigenvalue weighted by atomic mass is 16.5. The molecule has 2 N–H and O–H groups in total. The molecule has 0 amide bonds. The zero-order chi connectivity index (χ0) is 26.1. The van der Waals surface area contributed by atoms with Gasteiger partial charge in [0, 0.05) is 12.0 Å². The van der Waals surface area contributed by atoms with E-state index in [1.807, 2.05) is 41.5 Å². The first-order valence-corrected chi connectivity index (χ1v) is 12.1. The highest BCUT2D eigenvalue weighted by Crippen LogP contribution is 2.42. The molecule has 0 spiro atoms. The van der Waals surface area contributed by atoms with Gasteiger partial charge in [-0.2, -0.15) is 0 Å². The molecule has 7 nitrogen and oxygen atoms in total. The van der Waals surface area contributed by atoms with E-state index in [1.54, 1.807) is 0 Å². The fourth-order valence-corrected chi connectivity index (χ4v) is 4.22. The Kier molecular flexibility index (Phi) is 11.1. The Morgan fingerprint density at radius 2 is 1.26 bits per heavy atom. The Morgan fingerprint density at radius 3 is 1.71 bits per heavy atom. The lowest BCUT2D eigenvalue weighted by molar-refractivity contribution is -0.140. The van der Waals surface area contributed by atoms with Gasteiger partial charge >= 0.3 is 17.9 Å². The molecular formula is C27H42O7. The van der Waals surface area contributed by atoms with E-state index in [-0.39, 0.29) is 17.1 Å². The number of carboxylic acids is 2. The van der Waals surface area contributed by atoms with Gasteiger partial charge in [0.05, 0.1) is 24.8 Å².